The molecule has 0 spiro atoms. The lowest BCUT2D eigenvalue weighted by Crippen LogP contribution is -2.15. The summed E-state index contributed by atoms with van der Waals surface area (Å²) in [5.41, 5.74) is 2.06. The summed E-state index contributed by atoms with van der Waals surface area (Å²) in [6, 6.07) is 7.88. The molecule has 22 heavy (non-hydrogen) atoms. The van der Waals surface area contributed by atoms with Gasteiger partial charge in [0, 0.05) is 12.2 Å². The van der Waals surface area contributed by atoms with Crippen LogP contribution >= 0.6 is 11.8 Å². The maximum absolute atomic E-state index is 12.0. The molecule has 1 aromatic carbocycles. The van der Waals surface area contributed by atoms with Crippen molar-refractivity contribution >= 4 is 23.4 Å². The summed E-state index contributed by atoms with van der Waals surface area (Å²) in [5.74, 6) is 0.677. The van der Waals surface area contributed by atoms with Crippen molar-refractivity contribution in [3.63, 3.8) is 0 Å². The van der Waals surface area contributed by atoms with Gasteiger partial charge in [-0.05, 0) is 40.5 Å². The van der Waals surface area contributed by atoms with Crippen molar-refractivity contribution in [2.75, 3.05) is 11.1 Å². The number of hydrogen-bond donors (Lipinski definition) is 1. The van der Waals surface area contributed by atoms with Gasteiger partial charge in [0.05, 0.1) is 5.75 Å². The average molecular weight is 319 g/mol. The number of amides is 1. The van der Waals surface area contributed by atoms with Gasteiger partial charge >= 0.3 is 0 Å². The zero-order valence-electron chi connectivity index (χ0n) is 13.1. The van der Waals surface area contributed by atoms with Gasteiger partial charge in [-0.1, -0.05) is 44.7 Å². The molecule has 0 saturated heterocycles. The lowest BCUT2D eigenvalue weighted by atomic mass is 10.1. The second kappa shape index (κ2) is 7.93. The number of hydrogen-bond acceptors (Lipinski definition) is 5. The van der Waals surface area contributed by atoms with E-state index in [0.717, 1.165) is 18.7 Å². The molecular formula is C15H21N5OS. The first-order chi connectivity index (χ1) is 10.6. The number of rotatable bonds is 7. The highest BCUT2D eigenvalue weighted by atomic mass is 32.2. The average Bonchev–Trinajstić information content (AvgIpc) is 2.92. The second-order valence-electron chi connectivity index (χ2n) is 5.42. The van der Waals surface area contributed by atoms with E-state index in [1.54, 1.807) is 4.68 Å². The topological polar surface area (TPSA) is 72.7 Å². The molecule has 0 radical (unpaired) electrons. The van der Waals surface area contributed by atoms with Gasteiger partial charge in [0.25, 0.3) is 0 Å². The number of nitrogens with zero attached hydrogens (tertiary/aromatic N) is 4. The van der Waals surface area contributed by atoms with Gasteiger partial charge < -0.3 is 5.32 Å². The molecule has 7 heteroatoms. The fourth-order valence-electron chi connectivity index (χ4n) is 1.91. The van der Waals surface area contributed by atoms with Crippen molar-refractivity contribution in [3.05, 3.63) is 29.8 Å². The molecule has 6 nitrogen and oxygen atoms in total. The number of thioether (sulfide) groups is 1. The maximum atomic E-state index is 12.0. The van der Waals surface area contributed by atoms with Crippen molar-refractivity contribution in [1.29, 1.82) is 0 Å². The molecule has 0 atom stereocenters. The first kappa shape index (κ1) is 16.5. The standard InChI is InChI=1S/C15H21N5OS/c1-4-12-5-7-13(8-6-12)16-14(21)10-22-15-17-18-19-20(15)9-11(2)3/h5-8,11H,4,9-10H2,1-3H3,(H,16,21). The van der Waals surface area contributed by atoms with Crippen molar-refractivity contribution in [2.45, 2.75) is 38.9 Å². The fourth-order valence-corrected chi connectivity index (χ4v) is 2.60. The highest BCUT2D eigenvalue weighted by Gasteiger charge is 2.11. The molecule has 1 N–H and O–H groups in total. The molecule has 1 aromatic heterocycles. The normalized spacial score (nSPS) is 10.9. The summed E-state index contributed by atoms with van der Waals surface area (Å²) in [6.45, 7) is 7.05. The van der Waals surface area contributed by atoms with Crippen molar-refractivity contribution in [1.82, 2.24) is 20.2 Å². The Hall–Kier alpha value is -1.89. The molecule has 0 bridgehead atoms. The van der Waals surface area contributed by atoms with E-state index in [1.165, 1.54) is 17.3 Å². The summed E-state index contributed by atoms with van der Waals surface area (Å²) < 4.78 is 1.73. The van der Waals surface area contributed by atoms with Gasteiger partial charge in [0.1, 0.15) is 0 Å². The van der Waals surface area contributed by atoms with Crippen LogP contribution in [-0.2, 0) is 17.8 Å². The minimum absolute atomic E-state index is 0.0617. The van der Waals surface area contributed by atoms with Crippen LogP contribution < -0.4 is 5.32 Å². The monoisotopic (exact) mass is 319 g/mol. The Balaban J connectivity index is 1.86. The largest absolute Gasteiger partial charge is 0.325 e. The summed E-state index contributed by atoms with van der Waals surface area (Å²) in [6.07, 6.45) is 0.989. The molecule has 118 valence electrons. The van der Waals surface area contributed by atoms with E-state index >= 15 is 0 Å². The molecule has 2 aromatic rings. The van der Waals surface area contributed by atoms with E-state index in [0.29, 0.717) is 11.1 Å². The Kier molecular flexibility index (Phi) is 5.94. The van der Waals surface area contributed by atoms with Gasteiger partial charge in [-0.2, -0.15) is 0 Å². The number of aryl methyl sites for hydroxylation is 1. The quantitative estimate of drug-likeness (QED) is 0.794. The zero-order valence-corrected chi connectivity index (χ0v) is 13.9. The maximum Gasteiger partial charge on any atom is 0.234 e. The number of tetrazole rings is 1. The second-order valence-corrected chi connectivity index (χ2v) is 6.37. The molecule has 2 rings (SSSR count). The summed E-state index contributed by atoms with van der Waals surface area (Å²) in [4.78, 5) is 12.0. The van der Waals surface area contributed by atoms with E-state index in [9.17, 15) is 4.79 Å². The van der Waals surface area contributed by atoms with Gasteiger partial charge in [0.15, 0.2) is 0 Å². The molecule has 0 saturated carbocycles. The first-order valence-electron chi connectivity index (χ1n) is 7.36. The Morgan fingerprint density at radius 2 is 2.05 bits per heavy atom. The smallest absolute Gasteiger partial charge is 0.234 e. The van der Waals surface area contributed by atoms with E-state index in [-0.39, 0.29) is 11.7 Å². The molecule has 0 aliphatic carbocycles. The van der Waals surface area contributed by atoms with E-state index in [4.69, 9.17) is 0 Å². The van der Waals surface area contributed by atoms with Crippen LogP contribution in [0.1, 0.15) is 26.3 Å². The fraction of sp³-hybridized carbons (Fsp3) is 0.467. The number of benzene rings is 1. The number of carbonyl (C=O) groups is 1. The number of carbonyl (C=O) groups excluding carboxylic acids is 1. The van der Waals surface area contributed by atoms with Crippen molar-refractivity contribution < 1.29 is 4.79 Å². The summed E-state index contributed by atoms with van der Waals surface area (Å²) in [5, 5.41) is 15.1. The van der Waals surface area contributed by atoms with Crippen molar-refractivity contribution in [2.24, 2.45) is 5.92 Å². The molecule has 0 aliphatic rings. The van der Waals surface area contributed by atoms with E-state index in [2.05, 4.69) is 41.6 Å². The van der Waals surface area contributed by atoms with Crippen LogP contribution in [0, 0.1) is 5.92 Å². The van der Waals surface area contributed by atoms with Gasteiger partial charge in [0.2, 0.25) is 11.1 Å². The molecule has 1 heterocycles. The Morgan fingerprint density at radius 1 is 1.32 bits per heavy atom. The Labute approximate surface area is 134 Å². The third kappa shape index (κ3) is 4.84. The summed E-state index contributed by atoms with van der Waals surface area (Å²) in [7, 11) is 0. The van der Waals surface area contributed by atoms with Crippen LogP contribution in [-0.4, -0.2) is 31.9 Å². The Bertz CT molecular complexity index is 609. The van der Waals surface area contributed by atoms with Crippen LogP contribution in [0.5, 0.6) is 0 Å². The van der Waals surface area contributed by atoms with E-state index < -0.39 is 0 Å². The predicted molar refractivity (Wildman–Crippen MR) is 87.8 cm³/mol. The van der Waals surface area contributed by atoms with Crippen LogP contribution in [0.15, 0.2) is 29.4 Å². The van der Waals surface area contributed by atoms with Gasteiger partial charge in [-0.3, -0.25) is 4.79 Å². The minimum atomic E-state index is -0.0617. The predicted octanol–water partition coefficient (Wildman–Crippen LogP) is 2.62. The third-order valence-corrected chi connectivity index (χ3v) is 3.97. The zero-order chi connectivity index (χ0) is 15.9. The highest BCUT2D eigenvalue weighted by Crippen LogP contribution is 2.16. The molecule has 0 unspecified atom stereocenters. The van der Waals surface area contributed by atoms with Crippen LogP contribution in [0.25, 0.3) is 0 Å². The molecule has 1 amide bonds. The number of anilines is 1. The van der Waals surface area contributed by atoms with Crippen molar-refractivity contribution in [3.8, 4) is 0 Å². The van der Waals surface area contributed by atoms with E-state index in [1.807, 2.05) is 24.3 Å². The SMILES string of the molecule is CCc1ccc(NC(=O)CSc2nnnn2CC(C)C)cc1. The van der Waals surface area contributed by atoms with Crippen LogP contribution in [0.3, 0.4) is 0 Å². The third-order valence-electron chi connectivity index (χ3n) is 3.02. The molecular weight excluding hydrogens is 298 g/mol. The number of aromatic nitrogens is 4. The number of nitrogens with one attached hydrogen (secondary N) is 1. The minimum Gasteiger partial charge on any atom is -0.325 e. The molecule has 0 aliphatic heterocycles. The van der Waals surface area contributed by atoms with Crippen LogP contribution in [0.2, 0.25) is 0 Å². The van der Waals surface area contributed by atoms with Gasteiger partial charge in [-0.15, -0.1) is 5.10 Å². The lowest BCUT2D eigenvalue weighted by molar-refractivity contribution is -0.113. The lowest BCUT2D eigenvalue weighted by Gasteiger charge is -2.07. The van der Waals surface area contributed by atoms with Gasteiger partial charge in [-0.25, -0.2) is 4.68 Å². The first-order valence-corrected chi connectivity index (χ1v) is 8.34. The summed E-state index contributed by atoms with van der Waals surface area (Å²) >= 11 is 1.35. The van der Waals surface area contributed by atoms with Crippen LogP contribution in [0.4, 0.5) is 5.69 Å². The molecule has 0 fully saturated rings. The highest BCUT2D eigenvalue weighted by molar-refractivity contribution is 7.99. The Morgan fingerprint density at radius 3 is 2.68 bits per heavy atom.